The average molecular weight is 626 g/mol. The lowest BCUT2D eigenvalue weighted by atomic mass is 10.1. The standard InChI is InChI=1S/C23H13Br2Cl2N3O4/c24-16-7-14(22(18(25)8-16)34-12-13-4-2-1-3-5-13)6-15(11-28)23(31)29-21-19(26)9-17(30(32)33)10-20(21)27/h1-10H,12H2,(H,29,31)/b15-6+. The number of carbonyl (C=O) groups excluding carboxylic acids is 1. The van der Waals surface area contributed by atoms with E-state index < -0.39 is 10.8 Å². The first-order valence-corrected chi connectivity index (χ1v) is 11.8. The summed E-state index contributed by atoms with van der Waals surface area (Å²) in [5.41, 5.74) is 0.761. The van der Waals surface area contributed by atoms with Crippen molar-refractivity contribution < 1.29 is 14.5 Å². The molecule has 0 atom stereocenters. The first-order chi connectivity index (χ1) is 16.2. The van der Waals surface area contributed by atoms with Crippen molar-refractivity contribution in [3.05, 3.63) is 100 Å². The van der Waals surface area contributed by atoms with Crippen LogP contribution in [0.15, 0.2) is 69.1 Å². The highest BCUT2D eigenvalue weighted by atomic mass is 79.9. The van der Waals surface area contributed by atoms with Gasteiger partial charge < -0.3 is 10.1 Å². The zero-order valence-corrected chi connectivity index (χ0v) is 21.7. The maximum Gasteiger partial charge on any atom is 0.272 e. The van der Waals surface area contributed by atoms with E-state index in [0.717, 1.165) is 17.7 Å². The Labute approximate surface area is 221 Å². The van der Waals surface area contributed by atoms with E-state index >= 15 is 0 Å². The number of hydrogen-bond donors (Lipinski definition) is 1. The van der Waals surface area contributed by atoms with Gasteiger partial charge in [-0.3, -0.25) is 14.9 Å². The zero-order chi connectivity index (χ0) is 24.8. The molecular weight excluding hydrogens is 613 g/mol. The van der Waals surface area contributed by atoms with Crippen LogP contribution in [-0.2, 0) is 11.4 Å². The molecule has 1 amide bonds. The average Bonchev–Trinajstić information content (AvgIpc) is 2.79. The Kier molecular flexibility index (Phi) is 8.69. The van der Waals surface area contributed by atoms with Gasteiger partial charge in [0.1, 0.15) is 24.0 Å². The van der Waals surface area contributed by atoms with Crippen molar-refractivity contribution in [1.82, 2.24) is 0 Å². The predicted octanol–water partition coefficient (Wildman–Crippen LogP) is 7.55. The van der Waals surface area contributed by atoms with Gasteiger partial charge in [0.25, 0.3) is 11.6 Å². The van der Waals surface area contributed by atoms with E-state index in [0.29, 0.717) is 20.3 Å². The van der Waals surface area contributed by atoms with Gasteiger partial charge in [0, 0.05) is 22.2 Å². The van der Waals surface area contributed by atoms with E-state index in [9.17, 15) is 20.2 Å². The van der Waals surface area contributed by atoms with Crippen LogP contribution >= 0.6 is 55.1 Å². The topological polar surface area (TPSA) is 105 Å². The van der Waals surface area contributed by atoms with Crippen LogP contribution in [0.3, 0.4) is 0 Å². The number of hydrogen-bond acceptors (Lipinski definition) is 5. The third kappa shape index (κ3) is 6.36. The fraction of sp³-hybridized carbons (Fsp3) is 0.0435. The molecule has 0 aromatic heterocycles. The summed E-state index contributed by atoms with van der Waals surface area (Å²) in [6.07, 6.45) is 1.36. The maximum atomic E-state index is 12.8. The number of benzene rings is 3. The molecule has 3 aromatic rings. The molecule has 7 nitrogen and oxygen atoms in total. The van der Waals surface area contributed by atoms with E-state index in [1.165, 1.54) is 6.08 Å². The highest BCUT2D eigenvalue weighted by molar-refractivity contribution is 9.11. The first-order valence-electron chi connectivity index (χ1n) is 9.42. The Balaban J connectivity index is 1.92. The number of halogens is 4. The lowest BCUT2D eigenvalue weighted by molar-refractivity contribution is -0.384. The molecule has 172 valence electrons. The van der Waals surface area contributed by atoms with Crippen LogP contribution in [0, 0.1) is 21.4 Å². The number of rotatable bonds is 7. The number of nitrogens with one attached hydrogen (secondary N) is 1. The summed E-state index contributed by atoms with van der Waals surface area (Å²) < 4.78 is 7.27. The van der Waals surface area contributed by atoms with Gasteiger partial charge in [-0.2, -0.15) is 5.26 Å². The summed E-state index contributed by atoms with van der Waals surface area (Å²) in [6.45, 7) is 0.268. The van der Waals surface area contributed by atoms with Gasteiger partial charge in [0.15, 0.2) is 0 Å². The molecule has 34 heavy (non-hydrogen) atoms. The van der Waals surface area contributed by atoms with Gasteiger partial charge in [0.05, 0.1) is 25.1 Å². The molecule has 1 N–H and O–H groups in total. The largest absolute Gasteiger partial charge is 0.487 e. The van der Waals surface area contributed by atoms with E-state index in [4.69, 9.17) is 27.9 Å². The van der Waals surface area contributed by atoms with Crippen LogP contribution in [0.25, 0.3) is 6.08 Å². The first kappa shape index (κ1) is 25.7. The van der Waals surface area contributed by atoms with Gasteiger partial charge in [0.2, 0.25) is 0 Å². The second-order valence-corrected chi connectivity index (χ2v) is 9.33. The third-order valence-electron chi connectivity index (χ3n) is 4.40. The molecule has 0 aliphatic rings. The Morgan fingerprint density at radius 3 is 2.38 bits per heavy atom. The summed E-state index contributed by atoms with van der Waals surface area (Å²) in [7, 11) is 0. The highest BCUT2D eigenvalue weighted by Gasteiger charge is 2.19. The number of nitrogens with zero attached hydrogens (tertiary/aromatic N) is 2. The monoisotopic (exact) mass is 623 g/mol. The predicted molar refractivity (Wildman–Crippen MR) is 138 cm³/mol. The van der Waals surface area contributed by atoms with Gasteiger partial charge in [-0.25, -0.2) is 0 Å². The fourth-order valence-electron chi connectivity index (χ4n) is 2.84. The summed E-state index contributed by atoms with van der Waals surface area (Å²) >= 11 is 19.0. The molecule has 0 fully saturated rings. The van der Waals surface area contributed by atoms with E-state index in [1.54, 1.807) is 12.1 Å². The van der Waals surface area contributed by atoms with Crippen LogP contribution in [0.2, 0.25) is 10.0 Å². The van der Waals surface area contributed by atoms with Gasteiger partial charge in [-0.05, 0) is 39.7 Å². The molecule has 0 heterocycles. The Bertz CT molecular complexity index is 1320. The van der Waals surface area contributed by atoms with Gasteiger partial charge in [-0.15, -0.1) is 0 Å². The molecule has 3 rings (SSSR count). The molecule has 0 aliphatic heterocycles. The van der Waals surface area contributed by atoms with E-state index in [-0.39, 0.29) is 33.6 Å². The Morgan fingerprint density at radius 1 is 1.15 bits per heavy atom. The van der Waals surface area contributed by atoms with Crippen LogP contribution in [0.5, 0.6) is 5.75 Å². The van der Waals surface area contributed by atoms with Crippen molar-refractivity contribution in [1.29, 1.82) is 5.26 Å². The zero-order valence-electron chi connectivity index (χ0n) is 17.0. The molecule has 0 saturated carbocycles. The number of non-ortho nitro benzene ring substituents is 1. The number of ether oxygens (including phenoxy) is 1. The van der Waals surface area contributed by atoms with Crippen molar-refractivity contribution >= 4 is 78.4 Å². The SMILES string of the molecule is N#C/C(=C\c1cc(Br)cc(Br)c1OCc1ccccc1)C(=O)Nc1c(Cl)cc([N+](=O)[O-])cc1Cl. The number of nitriles is 1. The molecule has 0 spiro atoms. The van der Waals surface area contributed by atoms with E-state index in [1.807, 2.05) is 36.4 Å². The second-order valence-electron chi connectivity index (χ2n) is 6.75. The third-order valence-corrected chi connectivity index (χ3v) is 6.05. The fourth-order valence-corrected chi connectivity index (χ4v) is 4.78. The van der Waals surface area contributed by atoms with Crippen LogP contribution in [-0.4, -0.2) is 10.8 Å². The minimum atomic E-state index is -0.801. The quantitative estimate of drug-likeness (QED) is 0.126. The molecular formula is C23H13Br2Cl2N3O4. The van der Waals surface area contributed by atoms with Crippen molar-refractivity contribution in [2.24, 2.45) is 0 Å². The summed E-state index contributed by atoms with van der Waals surface area (Å²) in [4.78, 5) is 23.1. The lowest BCUT2D eigenvalue weighted by Gasteiger charge is -2.13. The molecule has 0 unspecified atom stereocenters. The molecule has 0 radical (unpaired) electrons. The summed E-state index contributed by atoms with van der Waals surface area (Å²) in [5, 5.41) is 22.8. The van der Waals surface area contributed by atoms with Crippen LogP contribution < -0.4 is 10.1 Å². The van der Waals surface area contributed by atoms with Crippen LogP contribution in [0.1, 0.15) is 11.1 Å². The van der Waals surface area contributed by atoms with Crippen molar-refractivity contribution in [2.75, 3.05) is 5.32 Å². The Hall–Kier alpha value is -2.90. The molecule has 0 bridgehead atoms. The summed E-state index contributed by atoms with van der Waals surface area (Å²) in [5.74, 6) is -0.371. The number of anilines is 1. The maximum absolute atomic E-state index is 12.8. The number of nitro groups is 1. The van der Waals surface area contributed by atoms with Crippen molar-refractivity contribution in [3.63, 3.8) is 0 Å². The molecule has 11 heteroatoms. The van der Waals surface area contributed by atoms with E-state index in [2.05, 4.69) is 37.2 Å². The number of carbonyl (C=O) groups is 1. The number of amides is 1. The van der Waals surface area contributed by atoms with Gasteiger partial charge in [-0.1, -0.05) is 69.5 Å². The minimum absolute atomic E-state index is 0.0453. The summed E-state index contributed by atoms with van der Waals surface area (Å²) in [6, 6.07) is 16.9. The molecule has 3 aromatic carbocycles. The van der Waals surface area contributed by atoms with Gasteiger partial charge >= 0.3 is 0 Å². The number of nitro benzene ring substituents is 1. The highest BCUT2D eigenvalue weighted by Crippen LogP contribution is 2.37. The lowest BCUT2D eigenvalue weighted by Crippen LogP contribution is -2.14. The van der Waals surface area contributed by atoms with Crippen LogP contribution in [0.4, 0.5) is 11.4 Å². The Morgan fingerprint density at radius 2 is 1.79 bits per heavy atom. The molecule has 0 aliphatic carbocycles. The minimum Gasteiger partial charge on any atom is -0.487 e. The normalized spacial score (nSPS) is 11.0. The molecule has 0 saturated heterocycles. The smallest absolute Gasteiger partial charge is 0.272 e. The van der Waals surface area contributed by atoms with Crippen molar-refractivity contribution in [3.8, 4) is 11.8 Å². The van der Waals surface area contributed by atoms with Crippen molar-refractivity contribution in [2.45, 2.75) is 6.61 Å². The second kappa shape index (κ2) is 11.5.